The Balaban J connectivity index is 2.16. The van der Waals surface area contributed by atoms with Crippen LogP contribution in [0.25, 0.3) is 22.4 Å². The van der Waals surface area contributed by atoms with E-state index in [2.05, 4.69) is 27.6 Å². The molecule has 1 heterocycles. The molecule has 2 aromatic carbocycles. The molecule has 0 saturated carbocycles. The first-order valence-electron chi connectivity index (χ1n) is 6.43. The normalized spacial score (nSPS) is 10.6. The number of halogens is 1. The zero-order valence-corrected chi connectivity index (χ0v) is 13.7. The summed E-state index contributed by atoms with van der Waals surface area (Å²) in [6, 6.07) is 12.2. The highest BCUT2D eigenvalue weighted by atomic mass is 127. The predicted octanol–water partition coefficient (Wildman–Crippen LogP) is 3.38. The van der Waals surface area contributed by atoms with Gasteiger partial charge in [-0.1, -0.05) is 12.1 Å². The van der Waals surface area contributed by atoms with Crippen LogP contribution in [0.5, 0.6) is 5.75 Å². The lowest BCUT2D eigenvalue weighted by Gasteiger charge is -2.05. The number of esters is 1. The van der Waals surface area contributed by atoms with Gasteiger partial charge in [0, 0.05) is 10.5 Å². The summed E-state index contributed by atoms with van der Waals surface area (Å²) < 4.78 is 11.2. The summed E-state index contributed by atoms with van der Waals surface area (Å²) in [6.07, 6.45) is 0. The molecule has 0 amide bonds. The van der Waals surface area contributed by atoms with Crippen LogP contribution in [-0.2, 0) is 4.79 Å². The molecule has 110 valence electrons. The van der Waals surface area contributed by atoms with Crippen LogP contribution in [0.2, 0.25) is 0 Å². The highest BCUT2D eigenvalue weighted by Crippen LogP contribution is 2.25. The van der Waals surface area contributed by atoms with Crippen LogP contribution >= 0.6 is 22.6 Å². The average Bonchev–Trinajstić information content (AvgIpc) is 2.47. The van der Waals surface area contributed by atoms with Gasteiger partial charge < -0.3 is 9.15 Å². The van der Waals surface area contributed by atoms with E-state index in [4.69, 9.17) is 9.15 Å². The van der Waals surface area contributed by atoms with Crippen molar-refractivity contribution in [2.75, 3.05) is 0 Å². The van der Waals surface area contributed by atoms with Gasteiger partial charge in [-0.05, 0) is 52.9 Å². The molecule has 0 spiro atoms. The van der Waals surface area contributed by atoms with Crippen LogP contribution in [0.1, 0.15) is 6.92 Å². The fourth-order valence-electron chi connectivity index (χ4n) is 2.03. The molecule has 0 fully saturated rings. The van der Waals surface area contributed by atoms with Gasteiger partial charge in [0.15, 0.2) is 0 Å². The molecule has 0 radical (unpaired) electrons. The first-order valence-corrected chi connectivity index (χ1v) is 7.51. The number of hydrogen-bond donors (Lipinski definition) is 0. The molecule has 0 aliphatic carbocycles. The summed E-state index contributed by atoms with van der Waals surface area (Å²) in [6.45, 7) is 1.30. The smallest absolute Gasteiger partial charge is 0.347 e. The van der Waals surface area contributed by atoms with Gasteiger partial charge in [-0.3, -0.25) is 4.79 Å². The minimum absolute atomic E-state index is 0.266. The van der Waals surface area contributed by atoms with Crippen molar-refractivity contribution in [2.24, 2.45) is 0 Å². The Morgan fingerprint density at radius 1 is 1.23 bits per heavy atom. The fourth-order valence-corrected chi connectivity index (χ4v) is 2.65. The van der Waals surface area contributed by atoms with Gasteiger partial charge in [0.1, 0.15) is 5.75 Å². The van der Waals surface area contributed by atoms with E-state index < -0.39 is 11.6 Å². The Morgan fingerprint density at radius 3 is 2.73 bits per heavy atom. The van der Waals surface area contributed by atoms with Crippen LogP contribution in [0.3, 0.4) is 0 Å². The van der Waals surface area contributed by atoms with E-state index in [0.717, 1.165) is 9.13 Å². The second kappa shape index (κ2) is 5.88. The second-order valence-electron chi connectivity index (χ2n) is 4.56. The van der Waals surface area contributed by atoms with E-state index >= 15 is 0 Å². The van der Waals surface area contributed by atoms with Crippen molar-refractivity contribution in [3.8, 4) is 17.2 Å². The zero-order chi connectivity index (χ0) is 15.7. The summed E-state index contributed by atoms with van der Waals surface area (Å²) in [5, 5.41) is 0.272. The number of hydrogen-bond acceptors (Lipinski definition) is 5. The number of carbonyl (C=O) groups is 1. The van der Waals surface area contributed by atoms with Crippen molar-refractivity contribution >= 4 is 39.5 Å². The number of aromatic nitrogens is 1. The molecular weight excluding hydrogens is 397 g/mol. The van der Waals surface area contributed by atoms with Crippen molar-refractivity contribution in [2.45, 2.75) is 6.92 Å². The molecule has 0 aliphatic rings. The van der Waals surface area contributed by atoms with Crippen LogP contribution in [0.4, 0.5) is 0 Å². The minimum atomic E-state index is -0.520. The molecule has 0 bridgehead atoms. The SMILES string of the molecule is CC(=O)Oc1ccc2nc(-c3ccccc3I)oc(=O)c2c1. The summed E-state index contributed by atoms with van der Waals surface area (Å²) in [4.78, 5) is 27.5. The van der Waals surface area contributed by atoms with E-state index in [9.17, 15) is 9.59 Å². The summed E-state index contributed by atoms with van der Waals surface area (Å²) in [5.74, 6) is 0.103. The molecule has 0 N–H and O–H groups in total. The Morgan fingerprint density at radius 2 is 2.00 bits per heavy atom. The first-order chi connectivity index (χ1) is 10.5. The summed E-state index contributed by atoms with van der Waals surface area (Å²) >= 11 is 2.16. The van der Waals surface area contributed by atoms with Crippen molar-refractivity contribution < 1.29 is 13.9 Å². The molecule has 3 aromatic rings. The number of rotatable bonds is 2. The first kappa shape index (κ1) is 14.7. The van der Waals surface area contributed by atoms with Gasteiger partial charge in [0.2, 0.25) is 5.89 Å². The fraction of sp³-hybridized carbons (Fsp3) is 0.0625. The molecule has 0 unspecified atom stereocenters. The van der Waals surface area contributed by atoms with Gasteiger partial charge in [-0.25, -0.2) is 9.78 Å². The molecule has 6 heteroatoms. The van der Waals surface area contributed by atoms with Crippen LogP contribution in [-0.4, -0.2) is 11.0 Å². The molecule has 22 heavy (non-hydrogen) atoms. The number of benzene rings is 2. The maximum Gasteiger partial charge on any atom is 0.347 e. The molecular formula is C16H10INO4. The average molecular weight is 407 g/mol. The largest absolute Gasteiger partial charge is 0.427 e. The Bertz CT molecular complexity index is 933. The van der Waals surface area contributed by atoms with Crippen LogP contribution in [0, 0.1) is 3.57 Å². The van der Waals surface area contributed by atoms with Crippen LogP contribution in [0.15, 0.2) is 51.7 Å². The number of nitrogens with zero attached hydrogens (tertiary/aromatic N) is 1. The van der Waals surface area contributed by atoms with Crippen molar-refractivity contribution in [3.05, 3.63) is 56.5 Å². The highest BCUT2D eigenvalue weighted by molar-refractivity contribution is 14.1. The quantitative estimate of drug-likeness (QED) is 0.370. The summed E-state index contributed by atoms with van der Waals surface area (Å²) in [7, 11) is 0. The molecule has 5 nitrogen and oxygen atoms in total. The number of ether oxygens (including phenoxy) is 1. The topological polar surface area (TPSA) is 69.4 Å². The van der Waals surface area contributed by atoms with Gasteiger partial charge in [-0.2, -0.15) is 0 Å². The molecule has 0 aliphatic heterocycles. The molecule has 1 aromatic heterocycles. The van der Waals surface area contributed by atoms with Gasteiger partial charge >= 0.3 is 11.6 Å². The summed E-state index contributed by atoms with van der Waals surface area (Å²) in [5.41, 5.74) is 0.724. The van der Waals surface area contributed by atoms with E-state index in [1.165, 1.54) is 13.0 Å². The lowest BCUT2D eigenvalue weighted by molar-refractivity contribution is -0.131. The van der Waals surface area contributed by atoms with Crippen molar-refractivity contribution in [1.82, 2.24) is 4.98 Å². The van der Waals surface area contributed by atoms with Gasteiger partial charge in [0.05, 0.1) is 16.5 Å². The highest BCUT2D eigenvalue weighted by Gasteiger charge is 2.12. The Hall–Kier alpha value is -2.22. The van der Waals surface area contributed by atoms with E-state index in [-0.39, 0.29) is 17.0 Å². The second-order valence-corrected chi connectivity index (χ2v) is 5.72. The van der Waals surface area contributed by atoms with E-state index in [1.54, 1.807) is 12.1 Å². The molecule has 0 atom stereocenters. The van der Waals surface area contributed by atoms with Gasteiger partial charge in [-0.15, -0.1) is 0 Å². The van der Waals surface area contributed by atoms with Crippen LogP contribution < -0.4 is 10.4 Å². The molecule has 3 rings (SSSR count). The maximum absolute atomic E-state index is 12.2. The third kappa shape index (κ3) is 2.87. The lowest BCUT2D eigenvalue weighted by Crippen LogP contribution is -2.05. The zero-order valence-electron chi connectivity index (χ0n) is 11.5. The molecule has 0 saturated heterocycles. The standard InChI is InChI=1S/C16H10INO4/c1-9(19)21-10-6-7-14-12(8-10)16(20)22-15(18-14)11-4-2-3-5-13(11)17/h2-8H,1H3. The van der Waals surface area contributed by atoms with E-state index in [1.807, 2.05) is 24.3 Å². The third-order valence-corrected chi connectivity index (χ3v) is 3.91. The Labute approximate surface area is 139 Å². The monoisotopic (exact) mass is 407 g/mol. The Kier molecular flexibility index (Phi) is 3.93. The van der Waals surface area contributed by atoms with E-state index in [0.29, 0.717) is 5.52 Å². The van der Waals surface area contributed by atoms with Crippen molar-refractivity contribution in [3.63, 3.8) is 0 Å². The minimum Gasteiger partial charge on any atom is -0.427 e. The number of fused-ring (bicyclic) bond motifs is 1. The number of carbonyl (C=O) groups excluding carboxylic acids is 1. The van der Waals surface area contributed by atoms with Crippen molar-refractivity contribution in [1.29, 1.82) is 0 Å². The maximum atomic E-state index is 12.2. The van der Waals surface area contributed by atoms with Gasteiger partial charge in [0.25, 0.3) is 0 Å². The third-order valence-electron chi connectivity index (χ3n) is 2.97. The lowest BCUT2D eigenvalue weighted by atomic mass is 10.2. The predicted molar refractivity (Wildman–Crippen MR) is 89.7 cm³/mol.